The highest BCUT2D eigenvalue weighted by Crippen LogP contribution is 2.31. The highest BCUT2D eigenvalue weighted by atomic mass is 19.1. The van der Waals surface area contributed by atoms with E-state index in [4.69, 9.17) is 4.74 Å². The lowest BCUT2D eigenvalue weighted by atomic mass is 9.98. The van der Waals surface area contributed by atoms with Crippen LogP contribution < -0.4 is 4.74 Å². The summed E-state index contributed by atoms with van der Waals surface area (Å²) in [6.45, 7) is 0. The van der Waals surface area contributed by atoms with Crippen molar-refractivity contribution < 1.29 is 19.3 Å². The smallest absolute Gasteiger partial charge is 0.132 e. The fraction of sp³-hybridized carbons (Fsp3) is 0.200. The second-order valence-electron chi connectivity index (χ2n) is 4.19. The molecule has 2 aromatic rings. The molecule has 2 aromatic carbocycles. The molecule has 100 valence electrons. The van der Waals surface area contributed by atoms with Crippen LogP contribution in [0.5, 0.6) is 5.75 Å². The summed E-state index contributed by atoms with van der Waals surface area (Å²) in [5.74, 6) is -0.246. The van der Waals surface area contributed by atoms with Gasteiger partial charge in [0.25, 0.3) is 0 Å². The lowest BCUT2D eigenvalue weighted by molar-refractivity contribution is 0.0151. The molecule has 2 atom stereocenters. The number of methoxy groups -OCH3 is 1. The second-order valence-corrected chi connectivity index (χ2v) is 4.19. The van der Waals surface area contributed by atoms with Gasteiger partial charge < -0.3 is 14.9 Å². The van der Waals surface area contributed by atoms with Crippen molar-refractivity contribution in [2.75, 3.05) is 7.11 Å². The van der Waals surface area contributed by atoms with E-state index < -0.39 is 18.0 Å². The molecule has 0 amide bonds. The van der Waals surface area contributed by atoms with E-state index in [0.29, 0.717) is 11.3 Å². The molecule has 2 N–H and O–H groups in total. The molecule has 0 radical (unpaired) electrons. The third kappa shape index (κ3) is 2.92. The first-order valence-electron chi connectivity index (χ1n) is 5.88. The molecule has 2 rings (SSSR count). The lowest BCUT2D eigenvalue weighted by Crippen LogP contribution is -2.12. The van der Waals surface area contributed by atoms with Gasteiger partial charge in [-0.1, -0.05) is 30.3 Å². The highest BCUT2D eigenvalue weighted by Gasteiger charge is 2.23. The summed E-state index contributed by atoms with van der Waals surface area (Å²) in [7, 11) is 1.43. The van der Waals surface area contributed by atoms with E-state index in [2.05, 4.69) is 0 Å². The van der Waals surface area contributed by atoms with Gasteiger partial charge in [-0.15, -0.1) is 0 Å². The summed E-state index contributed by atoms with van der Waals surface area (Å²) < 4.78 is 18.7. The van der Waals surface area contributed by atoms with Gasteiger partial charge in [0.05, 0.1) is 7.11 Å². The molecule has 0 fully saturated rings. The number of halogens is 1. The van der Waals surface area contributed by atoms with Gasteiger partial charge in [-0.05, 0) is 17.7 Å². The van der Waals surface area contributed by atoms with Crippen molar-refractivity contribution in [1.29, 1.82) is 0 Å². The predicted octanol–water partition coefficient (Wildman–Crippen LogP) is 2.60. The average molecular weight is 262 g/mol. The van der Waals surface area contributed by atoms with Crippen LogP contribution >= 0.6 is 0 Å². The molecule has 0 aliphatic rings. The number of hydrogen-bond donors (Lipinski definition) is 2. The minimum absolute atomic E-state index is 0.0390. The van der Waals surface area contributed by atoms with Gasteiger partial charge in [0.1, 0.15) is 23.8 Å². The quantitative estimate of drug-likeness (QED) is 0.890. The van der Waals surface area contributed by atoms with E-state index in [-0.39, 0.29) is 5.56 Å². The van der Waals surface area contributed by atoms with Crippen LogP contribution in [0.3, 0.4) is 0 Å². The van der Waals surface area contributed by atoms with Gasteiger partial charge in [-0.3, -0.25) is 0 Å². The summed E-state index contributed by atoms with van der Waals surface area (Å²) in [6.07, 6.45) is -2.50. The Labute approximate surface area is 110 Å². The van der Waals surface area contributed by atoms with Crippen LogP contribution in [-0.4, -0.2) is 17.3 Å². The molecule has 3 nitrogen and oxygen atoms in total. The predicted molar refractivity (Wildman–Crippen MR) is 69.3 cm³/mol. The molecule has 0 aliphatic carbocycles. The monoisotopic (exact) mass is 262 g/mol. The molecule has 0 aromatic heterocycles. The van der Waals surface area contributed by atoms with Crippen LogP contribution in [0, 0.1) is 5.82 Å². The van der Waals surface area contributed by atoms with Crippen LogP contribution in [0.15, 0.2) is 48.5 Å². The molecule has 0 aliphatic heterocycles. The minimum Gasteiger partial charge on any atom is -0.497 e. The Balaban J connectivity index is 2.26. The van der Waals surface area contributed by atoms with Gasteiger partial charge in [0, 0.05) is 11.6 Å². The Morgan fingerprint density at radius 2 is 1.68 bits per heavy atom. The summed E-state index contributed by atoms with van der Waals surface area (Å²) in [5, 5.41) is 20.1. The van der Waals surface area contributed by atoms with Crippen LogP contribution in [0.4, 0.5) is 4.39 Å². The number of aliphatic hydroxyl groups is 2. The zero-order valence-corrected chi connectivity index (χ0v) is 10.5. The molecule has 4 heteroatoms. The Morgan fingerprint density at radius 3 is 2.26 bits per heavy atom. The fourth-order valence-electron chi connectivity index (χ4n) is 1.88. The van der Waals surface area contributed by atoms with Crippen molar-refractivity contribution in [3.05, 3.63) is 65.5 Å². The number of hydrogen-bond acceptors (Lipinski definition) is 3. The number of benzene rings is 2. The molecule has 0 bridgehead atoms. The van der Waals surface area contributed by atoms with E-state index >= 15 is 0 Å². The molecular formula is C15H15FO3. The van der Waals surface area contributed by atoms with Crippen LogP contribution in [-0.2, 0) is 0 Å². The zero-order chi connectivity index (χ0) is 13.8. The first-order chi connectivity index (χ1) is 9.13. The first-order valence-corrected chi connectivity index (χ1v) is 5.88. The molecule has 0 saturated heterocycles. The zero-order valence-electron chi connectivity index (χ0n) is 10.5. The molecule has 0 spiro atoms. The number of rotatable bonds is 4. The van der Waals surface area contributed by atoms with Crippen molar-refractivity contribution >= 4 is 0 Å². The Bertz CT molecular complexity index is 542. The van der Waals surface area contributed by atoms with E-state index in [1.165, 1.54) is 19.2 Å². The largest absolute Gasteiger partial charge is 0.497 e. The maximum atomic E-state index is 13.8. The standard InChI is InChI=1S/C15H15FO3/c1-19-11-7-8-12(13(16)9-11)15(18)14(17)10-5-3-2-4-6-10/h2-9,14-15,17-18H,1H3. The van der Waals surface area contributed by atoms with Gasteiger partial charge in [-0.25, -0.2) is 4.39 Å². The lowest BCUT2D eigenvalue weighted by Gasteiger charge is -2.19. The normalized spacial score (nSPS) is 13.9. The van der Waals surface area contributed by atoms with Crippen molar-refractivity contribution in [3.63, 3.8) is 0 Å². The van der Waals surface area contributed by atoms with Gasteiger partial charge in [0.15, 0.2) is 0 Å². The van der Waals surface area contributed by atoms with Crippen molar-refractivity contribution in [2.24, 2.45) is 0 Å². The SMILES string of the molecule is COc1ccc(C(O)C(O)c2ccccc2)c(F)c1. The molecule has 2 unspecified atom stereocenters. The first kappa shape index (κ1) is 13.5. The Morgan fingerprint density at radius 1 is 1.00 bits per heavy atom. The molecule has 0 heterocycles. The number of ether oxygens (including phenoxy) is 1. The summed E-state index contributed by atoms with van der Waals surface area (Å²) in [6, 6.07) is 12.8. The van der Waals surface area contributed by atoms with Crippen LogP contribution in [0.25, 0.3) is 0 Å². The maximum Gasteiger partial charge on any atom is 0.132 e. The van der Waals surface area contributed by atoms with Gasteiger partial charge in [0.2, 0.25) is 0 Å². The molecule has 19 heavy (non-hydrogen) atoms. The van der Waals surface area contributed by atoms with Crippen LogP contribution in [0.2, 0.25) is 0 Å². The van der Waals surface area contributed by atoms with E-state index in [0.717, 1.165) is 0 Å². The third-order valence-corrected chi connectivity index (χ3v) is 2.97. The fourth-order valence-corrected chi connectivity index (χ4v) is 1.88. The van der Waals surface area contributed by atoms with Gasteiger partial charge >= 0.3 is 0 Å². The summed E-state index contributed by atoms with van der Waals surface area (Å²) in [5.41, 5.74) is 0.572. The average Bonchev–Trinajstić information content (AvgIpc) is 2.46. The van der Waals surface area contributed by atoms with Crippen molar-refractivity contribution in [1.82, 2.24) is 0 Å². The second kappa shape index (κ2) is 5.82. The van der Waals surface area contributed by atoms with E-state index in [1.807, 2.05) is 0 Å². The topological polar surface area (TPSA) is 49.7 Å². The number of aliphatic hydroxyl groups excluding tert-OH is 2. The van der Waals surface area contributed by atoms with E-state index in [1.54, 1.807) is 36.4 Å². The molecular weight excluding hydrogens is 247 g/mol. The summed E-state index contributed by atoms with van der Waals surface area (Å²) in [4.78, 5) is 0. The Hall–Kier alpha value is -1.91. The van der Waals surface area contributed by atoms with Crippen molar-refractivity contribution in [3.8, 4) is 5.75 Å². The maximum absolute atomic E-state index is 13.8. The van der Waals surface area contributed by atoms with Crippen LogP contribution in [0.1, 0.15) is 23.3 Å². The highest BCUT2D eigenvalue weighted by molar-refractivity contribution is 5.32. The molecule has 0 saturated carbocycles. The van der Waals surface area contributed by atoms with Crippen molar-refractivity contribution in [2.45, 2.75) is 12.2 Å². The minimum atomic E-state index is -1.33. The Kier molecular flexibility index (Phi) is 4.14. The summed E-state index contributed by atoms with van der Waals surface area (Å²) >= 11 is 0. The van der Waals surface area contributed by atoms with Gasteiger partial charge in [-0.2, -0.15) is 0 Å². The van der Waals surface area contributed by atoms with E-state index in [9.17, 15) is 14.6 Å². The third-order valence-electron chi connectivity index (χ3n) is 2.97.